The number of carbonyl (C=O) groups is 1. The molecule has 2 aromatic heterocycles. The van der Waals surface area contributed by atoms with Crippen molar-refractivity contribution in [3.05, 3.63) is 46.7 Å². The first-order chi connectivity index (χ1) is 14.7. The molecule has 4 aliphatic rings. The molecule has 30 heavy (non-hydrogen) atoms. The first kappa shape index (κ1) is 18.8. The standard InChI is InChI=1S/C24H30N4OS/c1-16-22(30-24(25-16)26-9-4-5-10-26)23(29)28-12-6-7-17-13-18-14-19(21(17)28)15-27-11-3-2-8-20(18)27/h4-5,9-10,13,18-21H,2-3,6-8,11-12,14-15H2,1H3/t18-,19-,20+,21+/m0/s1. The van der Waals surface area contributed by atoms with Gasteiger partial charge < -0.3 is 9.47 Å². The summed E-state index contributed by atoms with van der Waals surface area (Å²) in [4.78, 5) is 24.2. The molecule has 6 heteroatoms. The number of carbonyl (C=O) groups excluding carboxylic acids is 1. The maximum Gasteiger partial charge on any atom is 0.266 e. The lowest BCUT2D eigenvalue weighted by molar-refractivity contribution is 0.00159. The smallest absolute Gasteiger partial charge is 0.266 e. The lowest BCUT2D eigenvalue weighted by atomic mass is 9.68. The lowest BCUT2D eigenvalue weighted by Gasteiger charge is -2.54. The Morgan fingerprint density at radius 3 is 2.90 bits per heavy atom. The van der Waals surface area contributed by atoms with Crippen LogP contribution >= 0.6 is 11.3 Å². The predicted octanol–water partition coefficient (Wildman–Crippen LogP) is 4.28. The summed E-state index contributed by atoms with van der Waals surface area (Å²) in [5.74, 6) is 1.49. The molecule has 0 spiro atoms. The molecule has 1 aliphatic carbocycles. The Bertz CT molecular complexity index is 978. The molecule has 6 rings (SSSR count). The van der Waals surface area contributed by atoms with Gasteiger partial charge >= 0.3 is 0 Å². The first-order valence-corrected chi connectivity index (χ1v) is 12.4. The highest BCUT2D eigenvalue weighted by atomic mass is 32.1. The van der Waals surface area contributed by atoms with E-state index in [9.17, 15) is 4.79 Å². The number of nitrogens with zero attached hydrogens (tertiary/aromatic N) is 4. The molecule has 0 saturated carbocycles. The molecule has 158 valence electrons. The van der Waals surface area contributed by atoms with Gasteiger partial charge in [0.1, 0.15) is 4.88 Å². The van der Waals surface area contributed by atoms with Crippen molar-refractivity contribution in [2.24, 2.45) is 11.8 Å². The Kier molecular flexibility index (Phi) is 4.61. The fourth-order valence-corrected chi connectivity index (χ4v) is 7.47. The van der Waals surface area contributed by atoms with Crippen LogP contribution in [-0.4, -0.2) is 57.0 Å². The zero-order valence-corrected chi connectivity index (χ0v) is 18.5. The third kappa shape index (κ3) is 2.99. The van der Waals surface area contributed by atoms with E-state index in [1.54, 1.807) is 5.57 Å². The minimum absolute atomic E-state index is 0.193. The van der Waals surface area contributed by atoms with Gasteiger partial charge in [-0.15, -0.1) is 0 Å². The molecule has 1 amide bonds. The number of thiazole rings is 1. The predicted molar refractivity (Wildman–Crippen MR) is 119 cm³/mol. The number of piperidine rings is 3. The Balaban J connectivity index is 1.31. The molecule has 5 heterocycles. The van der Waals surface area contributed by atoms with Crippen molar-refractivity contribution in [1.29, 1.82) is 0 Å². The monoisotopic (exact) mass is 422 g/mol. The van der Waals surface area contributed by atoms with Gasteiger partial charge in [-0.1, -0.05) is 29.4 Å². The molecular formula is C24H30N4OS. The molecule has 0 N–H and O–H groups in total. The molecule has 3 saturated heterocycles. The second-order valence-corrected chi connectivity index (χ2v) is 10.5. The van der Waals surface area contributed by atoms with Gasteiger partial charge in [-0.05, 0) is 69.5 Å². The normalized spacial score (nSPS) is 31.1. The number of amides is 1. The van der Waals surface area contributed by atoms with Crippen molar-refractivity contribution in [2.45, 2.75) is 57.5 Å². The Labute approximate surface area is 182 Å². The average Bonchev–Trinajstić information content (AvgIpc) is 3.43. The van der Waals surface area contributed by atoms with Crippen LogP contribution in [0.15, 0.2) is 36.2 Å². The zero-order chi connectivity index (χ0) is 20.2. The van der Waals surface area contributed by atoms with E-state index in [2.05, 4.69) is 15.9 Å². The van der Waals surface area contributed by atoms with Crippen molar-refractivity contribution in [2.75, 3.05) is 19.6 Å². The van der Waals surface area contributed by atoms with E-state index in [1.807, 2.05) is 36.0 Å². The third-order valence-corrected chi connectivity index (χ3v) is 8.88. The van der Waals surface area contributed by atoms with Crippen LogP contribution in [0, 0.1) is 18.8 Å². The Morgan fingerprint density at radius 2 is 2.03 bits per heavy atom. The van der Waals surface area contributed by atoms with E-state index in [-0.39, 0.29) is 5.91 Å². The number of hydrogen-bond acceptors (Lipinski definition) is 4. The van der Waals surface area contributed by atoms with Crippen LogP contribution in [0.25, 0.3) is 5.13 Å². The second-order valence-electron chi connectivity index (χ2n) is 9.51. The Morgan fingerprint density at radius 1 is 1.17 bits per heavy atom. The van der Waals surface area contributed by atoms with E-state index < -0.39 is 0 Å². The summed E-state index contributed by atoms with van der Waals surface area (Å²) in [5, 5.41) is 0.881. The Hall–Kier alpha value is -1.92. The highest BCUT2D eigenvalue weighted by molar-refractivity contribution is 7.16. The summed E-state index contributed by atoms with van der Waals surface area (Å²) >= 11 is 1.53. The number of hydrogen-bond donors (Lipinski definition) is 0. The highest BCUT2D eigenvalue weighted by Gasteiger charge is 2.47. The maximum absolute atomic E-state index is 13.7. The second kappa shape index (κ2) is 7.34. The number of fused-ring (bicyclic) bond motifs is 6. The van der Waals surface area contributed by atoms with Crippen LogP contribution in [0.4, 0.5) is 0 Å². The highest BCUT2D eigenvalue weighted by Crippen LogP contribution is 2.45. The van der Waals surface area contributed by atoms with E-state index in [0.29, 0.717) is 17.9 Å². The number of rotatable bonds is 2. The molecule has 0 radical (unpaired) electrons. The summed E-state index contributed by atoms with van der Waals surface area (Å²) in [5.41, 5.74) is 2.41. The quantitative estimate of drug-likeness (QED) is 0.679. The number of likely N-dealkylation sites (tertiary alicyclic amines) is 1. The van der Waals surface area contributed by atoms with Crippen molar-refractivity contribution in [1.82, 2.24) is 19.4 Å². The molecule has 5 nitrogen and oxygen atoms in total. The van der Waals surface area contributed by atoms with Crippen molar-refractivity contribution < 1.29 is 4.79 Å². The molecule has 3 aliphatic heterocycles. The minimum Gasteiger partial charge on any atom is -0.331 e. The van der Waals surface area contributed by atoms with Crippen LogP contribution in [0.3, 0.4) is 0 Å². The number of aromatic nitrogens is 2. The summed E-state index contributed by atoms with van der Waals surface area (Å²) in [7, 11) is 0. The van der Waals surface area contributed by atoms with Gasteiger partial charge in [-0.25, -0.2) is 4.98 Å². The van der Waals surface area contributed by atoms with E-state index in [4.69, 9.17) is 4.98 Å². The topological polar surface area (TPSA) is 41.4 Å². The lowest BCUT2D eigenvalue weighted by Crippen LogP contribution is -2.60. The average molecular weight is 423 g/mol. The summed E-state index contributed by atoms with van der Waals surface area (Å²) < 4.78 is 2.00. The van der Waals surface area contributed by atoms with Gasteiger partial charge in [0.2, 0.25) is 0 Å². The molecule has 0 aromatic carbocycles. The maximum atomic E-state index is 13.7. The van der Waals surface area contributed by atoms with Crippen LogP contribution in [-0.2, 0) is 0 Å². The van der Waals surface area contributed by atoms with Crippen molar-refractivity contribution in [3.63, 3.8) is 0 Å². The van der Waals surface area contributed by atoms with Gasteiger partial charge in [0.15, 0.2) is 5.13 Å². The third-order valence-electron chi connectivity index (χ3n) is 7.72. The number of aryl methyl sites for hydroxylation is 1. The molecule has 4 atom stereocenters. The minimum atomic E-state index is 0.193. The molecule has 0 unspecified atom stereocenters. The van der Waals surface area contributed by atoms with Crippen LogP contribution in [0.1, 0.15) is 53.9 Å². The van der Waals surface area contributed by atoms with Crippen LogP contribution < -0.4 is 0 Å². The molecular weight excluding hydrogens is 392 g/mol. The fourth-order valence-electron chi connectivity index (χ4n) is 6.48. The summed E-state index contributed by atoms with van der Waals surface area (Å²) in [6, 6.07) is 5.04. The van der Waals surface area contributed by atoms with Gasteiger partial charge in [-0.2, -0.15) is 0 Å². The summed E-state index contributed by atoms with van der Waals surface area (Å²) in [6.45, 7) is 5.27. The fraction of sp³-hybridized carbons (Fsp3) is 0.583. The van der Waals surface area contributed by atoms with Crippen LogP contribution in [0.5, 0.6) is 0 Å². The van der Waals surface area contributed by atoms with Gasteiger partial charge in [0, 0.05) is 31.5 Å². The van der Waals surface area contributed by atoms with E-state index >= 15 is 0 Å². The SMILES string of the molecule is Cc1nc(-n2cccc2)sc1C(=O)N1CCCC2=C[C@H]3C[C@@H](CN4CCCC[C@H]34)[C@@H]21. The van der Waals surface area contributed by atoms with Gasteiger partial charge in [0.25, 0.3) is 5.91 Å². The molecule has 3 fully saturated rings. The summed E-state index contributed by atoms with van der Waals surface area (Å²) in [6.07, 6.45) is 14.2. The van der Waals surface area contributed by atoms with Crippen molar-refractivity contribution in [3.8, 4) is 5.13 Å². The molecule has 2 aromatic rings. The van der Waals surface area contributed by atoms with Gasteiger partial charge in [0.05, 0.1) is 11.7 Å². The van der Waals surface area contributed by atoms with Gasteiger partial charge in [-0.3, -0.25) is 9.69 Å². The molecule has 2 bridgehead atoms. The first-order valence-electron chi connectivity index (χ1n) is 11.6. The van der Waals surface area contributed by atoms with E-state index in [1.165, 1.54) is 56.5 Å². The van der Waals surface area contributed by atoms with E-state index in [0.717, 1.165) is 34.7 Å². The van der Waals surface area contributed by atoms with Crippen LogP contribution in [0.2, 0.25) is 0 Å². The largest absolute Gasteiger partial charge is 0.331 e. The zero-order valence-electron chi connectivity index (χ0n) is 17.7. The van der Waals surface area contributed by atoms with Crippen molar-refractivity contribution >= 4 is 17.2 Å².